The van der Waals surface area contributed by atoms with Crippen LogP contribution in [0.2, 0.25) is 0 Å². The van der Waals surface area contributed by atoms with Crippen LogP contribution in [0.1, 0.15) is 0 Å². The summed E-state index contributed by atoms with van der Waals surface area (Å²) in [6.45, 7) is 0. The Kier molecular flexibility index (Phi) is 8.52. The molecule has 0 saturated carbocycles. The van der Waals surface area contributed by atoms with Crippen LogP contribution in [0, 0.1) is 0 Å². The molecule has 0 unspecified atom stereocenters. The lowest BCUT2D eigenvalue weighted by atomic mass is 9.95. The van der Waals surface area contributed by atoms with Gasteiger partial charge in [-0.2, -0.15) is 0 Å². The van der Waals surface area contributed by atoms with E-state index in [2.05, 4.69) is 261 Å². The Bertz CT molecular complexity index is 4450. The zero-order chi connectivity index (χ0) is 47.7. The summed E-state index contributed by atoms with van der Waals surface area (Å²) in [6, 6.07) is 88.1. The van der Waals surface area contributed by atoms with Crippen LogP contribution in [-0.4, -0.2) is 28.2 Å². The first kappa shape index (κ1) is 40.2. The molecule has 6 nitrogen and oxygen atoms in total. The summed E-state index contributed by atoms with van der Waals surface area (Å²) in [5, 5.41) is 10.3. The van der Waals surface area contributed by atoms with Gasteiger partial charge < -0.3 is 9.13 Å². The lowest BCUT2D eigenvalue weighted by molar-refractivity contribution is 0.961. The molecule has 0 aliphatic heterocycles. The molecule has 0 fully saturated rings. The van der Waals surface area contributed by atoms with Crippen molar-refractivity contribution in [3.63, 3.8) is 0 Å². The minimum atomic E-state index is 0.805. The number of benzene rings is 10. The Hall–Kier alpha value is -9.56. The molecular weight excluding hydrogens is 909 g/mol. The Morgan fingerprint density at radius 2 is 0.548 bits per heavy atom. The van der Waals surface area contributed by atoms with Crippen molar-refractivity contribution in [2.75, 3.05) is 0 Å². The van der Waals surface area contributed by atoms with Crippen LogP contribution in [0.4, 0.5) is 0 Å². The largest absolute Gasteiger partial charge is 0.305 e. The average Bonchev–Trinajstić information content (AvgIpc) is 4.27. The van der Waals surface area contributed by atoms with E-state index in [1.165, 1.54) is 21.5 Å². The van der Waals surface area contributed by atoms with Crippen molar-refractivity contribution in [1.29, 1.82) is 0 Å². The molecule has 16 rings (SSSR count). The van der Waals surface area contributed by atoms with Crippen LogP contribution < -0.4 is 0 Å². The van der Waals surface area contributed by atoms with Crippen LogP contribution in [0.3, 0.4) is 0 Å². The van der Waals surface area contributed by atoms with Crippen LogP contribution in [-0.2, 0) is 0 Å². The van der Waals surface area contributed by atoms with E-state index < -0.39 is 0 Å². The van der Waals surface area contributed by atoms with Gasteiger partial charge in [0.2, 0.25) is 0 Å². The topological polar surface area (TPSA) is 45.5 Å². The summed E-state index contributed by atoms with van der Waals surface area (Å²) >= 11 is 1.74. The SMILES string of the molecule is c1ccc(-c2c(-n3c4ccccc4c4ccccc43)c(-n3c4ccccc4c4ccccc43)nc(-n3c4ccccc4c4ccccc43)c2-n2c3ccccc3c3ccccc32)c(-c2nc3ccccc3s2)c1. The second-order valence-corrected chi connectivity index (χ2v) is 19.9. The molecule has 7 heteroatoms. The molecule has 0 saturated heterocycles. The Balaban J connectivity index is 1.24. The maximum atomic E-state index is 6.39. The summed E-state index contributed by atoms with van der Waals surface area (Å²) in [5.74, 6) is 1.61. The van der Waals surface area contributed by atoms with E-state index >= 15 is 0 Å². The zero-order valence-corrected chi connectivity index (χ0v) is 40.0. The number of aromatic nitrogens is 6. The van der Waals surface area contributed by atoms with E-state index in [9.17, 15) is 0 Å². The zero-order valence-electron chi connectivity index (χ0n) is 39.2. The van der Waals surface area contributed by atoms with E-state index in [-0.39, 0.29) is 0 Å². The molecule has 10 aromatic carbocycles. The summed E-state index contributed by atoms with van der Waals surface area (Å²) in [6.07, 6.45) is 0. The number of fused-ring (bicyclic) bond motifs is 13. The maximum Gasteiger partial charge on any atom is 0.165 e. The molecule has 0 spiro atoms. The number of para-hydroxylation sites is 9. The first-order chi connectivity index (χ1) is 36.3. The molecule has 16 aromatic rings. The fraction of sp³-hybridized carbons (Fsp3) is 0. The molecule has 73 heavy (non-hydrogen) atoms. The molecule has 0 radical (unpaired) electrons. The van der Waals surface area contributed by atoms with Crippen molar-refractivity contribution >= 4 is 109 Å². The third kappa shape index (κ3) is 5.68. The second kappa shape index (κ2) is 15.5. The highest BCUT2D eigenvalue weighted by Crippen LogP contribution is 2.51. The summed E-state index contributed by atoms with van der Waals surface area (Å²) in [7, 11) is 0. The minimum Gasteiger partial charge on any atom is -0.305 e. The average molecular weight is 949 g/mol. The van der Waals surface area contributed by atoms with Gasteiger partial charge in [-0.3, -0.25) is 9.13 Å². The number of hydrogen-bond donors (Lipinski definition) is 0. The smallest absolute Gasteiger partial charge is 0.165 e. The summed E-state index contributed by atoms with van der Waals surface area (Å²) in [5.41, 5.74) is 14.6. The number of rotatable bonds is 6. The van der Waals surface area contributed by atoms with Gasteiger partial charge in [0.05, 0.1) is 54.4 Å². The van der Waals surface area contributed by atoms with E-state index in [1.54, 1.807) is 11.3 Å². The number of nitrogens with zero attached hydrogens (tertiary/aromatic N) is 6. The Morgan fingerprint density at radius 3 is 0.904 bits per heavy atom. The quantitative estimate of drug-likeness (QED) is 0.167. The molecule has 0 N–H and O–H groups in total. The molecule has 0 amide bonds. The standard InChI is InChI=1S/C66H40N6S/c1-2-30-50(66-67-51-31-11-20-40-60(51)73-66)49(29-1)61-62(69-52-32-12-3-21-41(52)42-22-4-13-33-53(42)69)64(71-56-36-16-7-25-45(56)46-26-8-17-37-57(46)71)68-65(72-58-38-18-9-27-47(58)48-28-10-19-39-59(48)72)63(61)70-54-34-14-5-23-43(54)44-24-6-15-35-55(44)70/h1-40H. The van der Waals surface area contributed by atoms with Gasteiger partial charge in [0.15, 0.2) is 11.6 Å². The van der Waals surface area contributed by atoms with Gasteiger partial charge in [-0.05, 0) is 66.2 Å². The maximum absolute atomic E-state index is 6.39. The van der Waals surface area contributed by atoms with Crippen molar-refractivity contribution in [3.05, 3.63) is 243 Å². The summed E-state index contributed by atoms with van der Waals surface area (Å²) < 4.78 is 11.0. The van der Waals surface area contributed by atoms with E-state index in [0.717, 1.165) is 121 Å². The van der Waals surface area contributed by atoms with Crippen LogP contribution in [0.5, 0.6) is 0 Å². The van der Waals surface area contributed by atoms with Gasteiger partial charge in [-0.1, -0.05) is 182 Å². The van der Waals surface area contributed by atoms with Gasteiger partial charge in [-0.25, -0.2) is 9.97 Å². The molecule has 0 aliphatic rings. The van der Waals surface area contributed by atoms with E-state index in [0.29, 0.717) is 0 Å². The van der Waals surface area contributed by atoms with E-state index in [4.69, 9.17) is 9.97 Å². The highest BCUT2D eigenvalue weighted by atomic mass is 32.1. The predicted octanol–water partition coefficient (Wildman–Crippen LogP) is 17.4. The van der Waals surface area contributed by atoms with Crippen molar-refractivity contribution < 1.29 is 0 Å². The van der Waals surface area contributed by atoms with Gasteiger partial charge in [0.25, 0.3) is 0 Å². The van der Waals surface area contributed by atoms with Crippen LogP contribution >= 0.6 is 11.3 Å². The van der Waals surface area contributed by atoms with Crippen molar-refractivity contribution in [2.24, 2.45) is 0 Å². The van der Waals surface area contributed by atoms with Gasteiger partial charge in [-0.15, -0.1) is 11.3 Å². The second-order valence-electron chi connectivity index (χ2n) is 18.8. The number of thiazole rings is 1. The lowest BCUT2D eigenvalue weighted by Crippen LogP contribution is -2.16. The first-order valence-corrected chi connectivity index (χ1v) is 25.6. The first-order valence-electron chi connectivity index (χ1n) is 24.8. The van der Waals surface area contributed by atoms with Gasteiger partial charge in [0, 0.05) is 54.2 Å². The number of pyridine rings is 1. The van der Waals surface area contributed by atoms with Crippen LogP contribution in [0.15, 0.2) is 243 Å². The highest BCUT2D eigenvalue weighted by molar-refractivity contribution is 7.21. The molecule has 0 bridgehead atoms. The molecule has 0 atom stereocenters. The fourth-order valence-corrected chi connectivity index (χ4v) is 13.0. The van der Waals surface area contributed by atoms with Crippen LogP contribution in [0.25, 0.3) is 142 Å². The molecule has 6 heterocycles. The fourth-order valence-electron chi connectivity index (χ4n) is 12.0. The predicted molar refractivity (Wildman–Crippen MR) is 306 cm³/mol. The summed E-state index contributed by atoms with van der Waals surface area (Å²) in [4.78, 5) is 11.8. The normalized spacial score (nSPS) is 12.1. The molecule has 340 valence electrons. The lowest BCUT2D eigenvalue weighted by Gasteiger charge is -2.27. The highest BCUT2D eigenvalue weighted by Gasteiger charge is 2.33. The van der Waals surface area contributed by atoms with Crippen molar-refractivity contribution in [2.45, 2.75) is 0 Å². The third-order valence-electron chi connectivity index (χ3n) is 15.0. The molecule has 0 aliphatic carbocycles. The Morgan fingerprint density at radius 1 is 0.260 bits per heavy atom. The molecular formula is C66H40N6S. The van der Waals surface area contributed by atoms with Gasteiger partial charge >= 0.3 is 0 Å². The Labute approximate surface area is 422 Å². The minimum absolute atomic E-state index is 0.805. The molecule has 6 aromatic heterocycles. The van der Waals surface area contributed by atoms with Gasteiger partial charge in [0.1, 0.15) is 16.4 Å². The monoisotopic (exact) mass is 948 g/mol. The third-order valence-corrected chi connectivity index (χ3v) is 16.1. The van der Waals surface area contributed by atoms with E-state index in [1.807, 2.05) is 0 Å². The van der Waals surface area contributed by atoms with Crippen molar-refractivity contribution in [3.8, 4) is 44.7 Å². The van der Waals surface area contributed by atoms with Crippen molar-refractivity contribution in [1.82, 2.24) is 28.2 Å². The number of hydrogen-bond acceptors (Lipinski definition) is 3.